The fourth-order valence-electron chi connectivity index (χ4n) is 1.56. The molecule has 1 nitrogen and oxygen atoms in total. The van der Waals surface area contributed by atoms with Crippen molar-refractivity contribution in [3.63, 3.8) is 0 Å². The van der Waals surface area contributed by atoms with Gasteiger partial charge in [-0.05, 0) is 32.1 Å². The summed E-state index contributed by atoms with van der Waals surface area (Å²) in [4.78, 5) is 0. The van der Waals surface area contributed by atoms with E-state index in [-0.39, 0.29) is 12.4 Å². The third kappa shape index (κ3) is 4.13. The van der Waals surface area contributed by atoms with Crippen LogP contribution in [0.3, 0.4) is 0 Å². The normalized spacial score (nSPS) is 23.2. The van der Waals surface area contributed by atoms with E-state index in [9.17, 15) is 0 Å². The lowest BCUT2D eigenvalue weighted by atomic mass is 9.91. The van der Waals surface area contributed by atoms with Gasteiger partial charge in [0.1, 0.15) is 0 Å². The molecule has 2 heteroatoms. The largest absolute Gasteiger partial charge is 0.328 e. The molecule has 0 unspecified atom stereocenters. The molecule has 12 heavy (non-hydrogen) atoms. The van der Waals surface area contributed by atoms with E-state index in [0.717, 1.165) is 0 Å². The lowest BCUT2D eigenvalue weighted by Gasteiger charge is -2.19. The van der Waals surface area contributed by atoms with Crippen LogP contribution in [0.4, 0.5) is 0 Å². The Bertz CT molecular complexity index is 133. The van der Waals surface area contributed by atoms with Crippen molar-refractivity contribution in [2.75, 3.05) is 0 Å². The monoisotopic (exact) mass is 189 g/mol. The molecule has 0 aliphatic heterocycles. The second-order valence-electron chi connectivity index (χ2n) is 3.49. The second-order valence-corrected chi connectivity index (χ2v) is 3.49. The van der Waals surface area contributed by atoms with Gasteiger partial charge < -0.3 is 5.73 Å². The molecule has 0 atom stereocenters. The van der Waals surface area contributed by atoms with Gasteiger partial charge in [-0.15, -0.1) is 12.4 Å². The van der Waals surface area contributed by atoms with Gasteiger partial charge in [-0.3, -0.25) is 0 Å². The summed E-state index contributed by atoms with van der Waals surface area (Å²) in [6.45, 7) is 2.23. The zero-order chi connectivity index (χ0) is 8.10. The smallest absolute Gasteiger partial charge is 0.00449 e. The van der Waals surface area contributed by atoms with Gasteiger partial charge >= 0.3 is 0 Å². The van der Waals surface area contributed by atoms with Crippen molar-refractivity contribution < 1.29 is 0 Å². The SMILES string of the molecule is CCCC=C1CCC(N)CC1.Cl. The molecule has 0 amide bonds. The van der Waals surface area contributed by atoms with E-state index in [1.807, 2.05) is 0 Å². The maximum Gasteiger partial charge on any atom is 0.00449 e. The standard InChI is InChI=1S/C10H19N.ClH/c1-2-3-4-9-5-7-10(11)8-6-9;/h4,10H,2-3,5-8,11H2,1H3;1H. The van der Waals surface area contributed by atoms with Gasteiger partial charge in [-0.25, -0.2) is 0 Å². The first-order chi connectivity index (χ1) is 5.33. The van der Waals surface area contributed by atoms with E-state index in [0.29, 0.717) is 6.04 Å². The van der Waals surface area contributed by atoms with Crippen molar-refractivity contribution in [2.24, 2.45) is 5.73 Å². The summed E-state index contributed by atoms with van der Waals surface area (Å²) in [6.07, 6.45) is 9.85. The highest BCUT2D eigenvalue weighted by Gasteiger charge is 2.11. The first kappa shape index (κ1) is 12.0. The van der Waals surface area contributed by atoms with E-state index in [1.165, 1.54) is 38.5 Å². The van der Waals surface area contributed by atoms with Gasteiger partial charge in [-0.2, -0.15) is 0 Å². The molecule has 1 fully saturated rings. The quantitative estimate of drug-likeness (QED) is 0.664. The number of halogens is 1. The Balaban J connectivity index is 0.00000121. The molecule has 2 N–H and O–H groups in total. The molecule has 1 saturated carbocycles. The van der Waals surface area contributed by atoms with E-state index in [2.05, 4.69) is 13.0 Å². The Morgan fingerprint density at radius 2 is 2.00 bits per heavy atom. The van der Waals surface area contributed by atoms with E-state index >= 15 is 0 Å². The lowest BCUT2D eigenvalue weighted by Crippen LogP contribution is -2.23. The van der Waals surface area contributed by atoms with Crippen LogP contribution in [0, 0.1) is 0 Å². The highest BCUT2D eigenvalue weighted by atomic mass is 35.5. The Morgan fingerprint density at radius 1 is 1.42 bits per heavy atom. The van der Waals surface area contributed by atoms with Crippen molar-refractivity contribution in [1.82, 2.24) is 0 Å². The molecule has 0 aromatic carbocycles. The van der Waals surface area contributed by atoms with E-state index in [1.54, 1.807) is 5.57 Å². The highest BCUT2D eigenvalue weighted by Crippen LogP contribution is 2.22. The van der Waals surface area contributed by atoms with Crippen LogP contribution in [0.25, 0.3) is 0 Å². The van der Waals surface area contributed by atoms with Crippen LogP contribution in [0.1, 0.15) is 45.4 Å². The number of rotatable bonds is 2. The van der Waals surface area contributed by atoms with Gasteiger partial charge in [0.2, 0.25) is 0 Å². The number of unbranched alkanes of at least 4 members (excludes halogenated alkanes) is 1. The molecule has 72 valence electrons. The fourth-order valence-corrected chi connectivity index (χ4v) is 1.56. The molecule has 1 rings (SSSR count). The lowest BCUT2D eigenvalue weighted by molar-refractivity contribution is 0.510. The average Bonchev–Trinajstić information content (AvgIpc) is 2.04. The summed E-state index contributed by atoms with van der Waals surface area (Å²) in [5, 5.41) is 0. The fraction of sp³-hybridized carbons (Fsp3) is 0.800. The maximum absolute atomic E-state index is 5.80. The molecule has 0 radical (unpaired) electrons. The van der Waals surface area contributed by atoms with Crippen LogP contribution in [0.2, 0.25) is 0 Å². The molecular formula is C10H20ClN. The number of hydrogen-bond donors (Lipinski definition) is 1. The Morgan fingerprint density at radius 3 is 2.50 bits per heavy atom. The minimum absolute atomic E-state index is 0. The Hall–Kier alpha value is -0.0100. The zero-order valence-electron chi connectivity index (χ0n) is 7.88. The maximum atomic E-state index is 5.80. The molecule has 0 aromatic heterocycles. The summed E-state index contributed by atoms with van der Waals surface area (Å²) in [5.41, 5.74) is 7.45. The van der Waals surface area contributed by atoms with Crippen LogP contribution in [0.5, 0.6) is 0 Å². The molecule has 0 heterocycles. The van der Waals surface area contributed by atoms with E-state index < -0.39 is 0 Å². The van der Waals surface area contributed by atoms with Gasteiger partial charge in [0.25, 0.3) is 0 Å². The Labute approximate surface area is 81.8 Å². The highest BCUT2D eigenvalue weighted by molar-refractivity contribution is 5.85. The van der Waals surface area contributed by atoms with Crippen LogP contribution in [0.15, 0.2) is 11.6 Å². The van der Waals surface area contributed by atoms with Crippen LogP contribution < -0.4 is 5.73 Å². The van der Waals surface area contributed by atoms with Crippen molar-refractivity contribution in [3.05, 3.63) is 11.6 Å². The van der Waals surface area contributed by atoms with Gasteiger partial charge in [0.05, 0.1) is 0 Å². The van der Waals surface area contributed by atoms with Gasteiger partial charge in [0, 0.05) is 6.04 Å². The molecule has 1 aliphatic rings. The summed E-state index contributed by atoms with van der Waals surface area (Å²) < 4.78 is 0. The molecule has 0 bridgehead atoms. The van der Waals surface area contributed by atoms with Crippen molar-refractivity contribution in [3.8, 4) is 0 Å². The predicted octanol–water partition coefficient (Wildman–Crippen LogP) is 3.04. The van der Waals surface area contributed by atoms with Crippen molar-refractivity contribution >= 4 is 12.4 Å². The molecule has 1 aliphatic carbocycles. The minimum Gasteiger partial charge on any atom is -0.328 e. The van der Waals surface area contributed by atoms with E-state index in [4.69, 9.17) is 5.73 Å². The second kappa shape index (κ2) is 6.50. The average molecular weight is 190 g/mol. The zero-order valence-corrected chi connectivity index (χ0v) is 8.70. The predicted molar refractivity (Wildman–Crippen MR) is 56.7 cm³/mol. The first-order valence-electron chi connectivity index (χ1n) is 4.76. The number of hydrogen-bond acceptors (Lipinski definition) is 1. The molecule has 0 aromatic rings. The summed E-state index contributed by atoms with van der Waals surface area (Å²) in [6, 6.07) is 0.480. The van der Waals surface area contributed by atoms with Crippen molar-refractivity contribution in [1.29, 1.82) is 0 Å². The molecule has 0 spiro atoms. The van der Waals surface area contributed by atoms with Crippen LogP contribution in [-0.2, 0) is 0 Å². The number of nitrogens with two attached hydrogens (primary N) is 1. The summed E-state index contributed by atoms with van der Waals surface area (Å²) in [5.74, 6) is 0. The van der Waals surface area contributed by atoms with Crippen molar-refractivity contribution in [2.45, 2.75) is 51.5 Å². The van der Waals surface area contributed by atoms with Crippen LogP contribution >= 0.6 is 12.4 Å². The Kier molecular flexibility index (Phi) is 6.49. The summed E-state index contributed by atoms with van der Waals surface area (Å²) >= 11 is 0. The topological polar surface area (TPSA) is 26.0 Å². The minimum atomic E-state index is 0. The van der Waals surface area contributed by atoms with Crippen LogP contribution in [-0.4, -0.2) is 6.04 Å². The summed E-state index contributed by atoms with van der Waals surface area (Å²) in [7, 11) is 0. The van der Waals surface area contributed by atoms with Gasteiger partial charge in [0.15, 0.2) is 0 Å². The molecule has 0 saturated heterocycles. The van der Waals surface area contributed by atoms with Gasteiger partial charge in [-0.1, -0.05) is 25.0 Å². The third-order valence-corrected chi connectivity index (χ3v) is 2.39. The first-order valence-corrected chi connectivity index (χ1v) is 4.76. The molecular weight excluding hydrogens is 170 g/mol. The third-order valence-electron chi connectivity index (χ3n) is 2.39. The number of allylic oxidation sites excluding steroid dienone is 2.